The van der Waals surface area contributed by atoms with E-state index in [2.05, 4.69) is 10.2 Å². The molecule has 3 rings (SSSR count). The highest BCUT2D eigenvalue weighted by molar-refractivity contribution is 5.94. The minimum absolute atomic E-state index is 0.109. The van der Waals surface area contributed by atoms with Crippen LogP contribution in [0, 0.1) is 5.92 Å². The number of carbonyl (C=O) groups excluding carboxylic acids is 1. The first-order valence-corrected chi connectivity index (χ1v) is 9.57. The molecule has 0 bridgehead atoms. The number of rotatable bonds is 5. The van der Waals surface area contributed by atoms with Crippen LogP contribution in [-0.2, 0) is 4.79 Å². The summed E-state index contributed by atoms with van der Waals surface area (Å²) in [6.07, 6.45) is 6.70. The van der Waals surface area contributed by atoms with Gasteiger partial charge in [0, 0.05) is 19.7 Å². The molecule has 25 heavy (non-hydrogen) atoms. The highest BCUT2D eigenvalue weighted by Gasteiger charge is 2.32. The average Bonchev–Trinajstić information content (AvgIpc) is 2.62. The predicted molar refractivity (Wildman–Crippen MR) is 99.7 cm³/mol. The van der Waals surface area contributed by atoms with Gasteiger partial charge in [-0.3, -0.25) is 4.79 Å². The number of aliphatic hydroxyl groups is 2. The molecule has 0 atom stereocenters. The molecule has 1 aliphatic heterocycles. The third-order valence-electron chi connectivity index (χ3n) is 5.67. The Bertz CT molecular complexity index is 576. The molecule has 3 N–H and O–H groups in total. The Morgan fingerprint density at radius 1 is 1.16 bits per heavy atom. The van der Waals surface area contributed by atoms with Crippen LogP contribution in [0.5, 0.6) is 0 Å². The minimum atomic E-state index is -0.837. The second kappa shape index (κ2) is 8.19. The molecular formula is C20H30N2O3. The van der Waals surface area contributed by atoms with Gasteiger partial charge in [-0.25, -0.2) is 0 Å². The van der Waals surface area contributed by atoms with Crippen LogP contribution in [0.15, 0.2) is 24.3 Å². The number of carbonyl (C=O) groups is 1. The molecule has 0 aromatic heterocycles. The highest BCUT2D eigenvalue weighted by Crippen LogP contribution is 2.33. The number of hydrogen-bond donors (Lipinski definition) is 3. The van der Waals surface area contributed by atoms with Crippen molar-refractivity contribution in [3.05, 3.63) is 24.3 Å². The van der Waals surface area contributed by atoms with Gasteiger partial charge < -0.3 is 20.4 Å². The lowest BCUT2D eigenvalue weighted by Gasteiger charge is -2.34. The first-order valence-electron chi connectivity index (χ1n) is 9.57. The maximum Gasteiger partial charge on any atom is 0.227 e. The molecule has 1 amide bonds. The molecule has 1 aromatic carbocycles. The van der Waals surface area contributed by atoms with Gasteiger partial charge in [-0.15, -0.1) is 0 Å². The average molecular weight is 346 g/mol. The van der Waals surface area contributed by atoms with Gasteiger partial charge in [0.2, 0.25) is 5.91 Å². The van der Waals surface area contributed by atoms with Crippen LogP contribution in [0.2, 0.25) is 0 Å². The molecule has 1 heterocycles. The summed E-state index contributed by atoms with van der Waals surface area (Å²) in [6.45, 7) is 2.04. The molecule has 1 saturated heterocycles. The van der Waals surface area contributed by atoms with Crippen molar-refractivity contribution in [3.63, 3.8) is 0 Å². The SMILES string of the molecule is O=C(CC1(O)CCCCC1)Nc1ccccc1N1CCC(CO)CC1. The van der Waals surface area contributed by atoms with Gasteiger partial charge >= 0.3 is 0 Å². The molecule has 1 aliphatic carbocycles. The lowest BCUT2D eigenvalue weighted by atomic mass is 9.82. The number of benzene rings is 1. The molecule has 0 radical (unpaired) electrons. The van der Waals surface area contributed by atoms with Crippen molar-refractivity contribution in [2.24, 2.45) is 5.92 Å². The Morgan fingerprint density at radius 2 is 1.84 bits per heavy atom. The zero-order valence-electron chi connectivity index (χ0n) is 14.9. The van der Waals surface area contributed by atoms with Crippen LogP contribution >= 0.6 is 0 Å². The van der Waals surface area contributed by atoms with Crippen LogP contribution < -0.4 is 10.2 Å². The van der Waals surface area contributed by atoms with Gasteiger partial charge in [0.15, 0.2) is 0 Å². The molecule has 1 aromatic rings. The number of anilines is 2. The molecule has 0 unspecified atom stereocenters. The summed E-state index contributed by atoms with van der Waals surface area (Å²) < 4.78 is 0. The lowest BCUT2D eigenvalue weighted by Crippen LogP contribution is -2.37. The molecule has 5 heteroatoms. The van der Waals surface area contributed by atoms with Crippen LogP contribution in [0.3, 0.4) is 0 Å². The number of para-hydroxylation sites is 2. The summed E-state index contributed by atoms with van der Waals surface area (Å²) in [6, 6.07) is 7.87. The molecular weight excluding hydrogens is 316 g/mol. The van der Waals surface area contributed by atoms with E-state index < -0.39 is 5.60 Å². The van der Waals surface area contributed by atoms with Crippen molar-refractivity contribution >= 4 is 17.3 Å². The van der Waals surface area contributed by atoms with Crippen molar-refractivity contribution in [3.8, 4) is 0 Å². The summed E-state index contributed by atoms with van der Waals surface area (Å²) in [7, 11) is 0. The Morgan fingerprint density at radius 3 is 2.52 bits per heavy atom. The van der Waals surface area contributed by atoms with E-state index in [0.717, 1.165) is 69.4 Å². The van der Waals surface area contributed by atoms with Crippen LogP contribution in [0.4, 0.5) is 11.4 Å². The van der Waals surface area contributed by atoms with E-state index in [9.17, 15) is 15.0 Å². The summed E-state index contributed by atoms with van der Waals surface area (Å²) in [4.78, 5) is 14.8. The van der Waals surface area contributed by atoms with Crippen molar-refractivity contribution in [1.82, 2.24) is 0 Å². The van der Waals surface area contributed by atoms with Crippen molar-refractivity contribution in [1.29, 1.82) is 0 Å². The van der Waals surface area contributed by atoms with Gasteiger partial charge in [0.05, 0.1) is 23.4 Å². The number of hydrogen-bond acceptors (Lipinski definition) is 4. The fourth-order valence-corrected chi connectivity index (χ4v) is 4.09. The van der Waals surface area contributed by atoms with Crippen LogP contribution in [-0.4, -0.2) is 41.4 Å². The molecule has 2 fully saturated rings. The molecule has 138 valence electrons. The summed E-state index contributed by atoms with van der Waals surface area (Å²) >= 11 is 0. The Kier molecular flexibility index (Phi) is 5.97. The van der Waals surface area contributed by atoms with E-state index in [4.69, 9.17) is 0 Å². The van der Waals surface area contributed by atoms with E-state index in [1.54, 1.807) is 0 Å². The Labute approximate surface area is 150 Å². The second-order valence-corrected chi connectivity index (χ2v) is 7.64. The monoisotopic (exact) mass is 346 g/mol. The Balaban J connectivity index is 1.63. The maximum atomic E-state index is 12.5. The number of aliphatic hydroxyl groups excluding tert-OH is 1. The van der Waals surface area contributed by atoms with Gasteiger partial charge in [-0.2, -0.15) is 0 Å². The van der Waals surface area contributed by atoms with Crippen molar-refractivity contribution < 1.29 is 15.0 Å². The van der Waals surface area contributed by atoms with Gasteiger partial charge in [0.1, 0.15) is 0 Å². The molecule has 5 nitrogen and oxygen atoms in total. The fraction of sp³-hybridized carbons (Fsp3) is 0.650. The first-order chi connectivity index (χ1) is 12.1. The van der Waals surface area contributed by atoms with Crippen LogP contribution in [0.1, 0.15) is 51.4 Å². The van der Waals surface area contributed by atoms with E-state index >= 15 is 0 Å². The smallest absolute Gasteiger partial charge is 0.227 e. The zero-order chi connectivity index (χ0) is 17.7. The maximum absolute atomic E-state index is 12.5. The standard InChI is InChI=1S/C20H30N2O3/c23-15-16-8-12-22(13-9-16)18-7-3-2-6-17(18)21-19(24)14-20(25)10-4-1-5-11-20/h2-3,6-7,16,23,25H,1,4-5,8-15H2,(H,21,24). The van der Waals surface area contributed by atoms with E-state index in [0.29, 0.717) is 5.92 Å². The predicted octanol–water partition coefficient (Wildman–Crippen LogP) is 2.92. The minimum Gasteiger partial charge on any atom is -0.396 e. The summed E-state index contributed by atoms with van der Waals surface area (Å²) in [5.74, 6) is 0.278. The highest BCUT2D eigenvalue weighted by atomic mass is 16.3. The van der Waals surface area contributed by atoms with E-state index in [1.165, 1.54) is 0 Å². The number of piperidine rings is 1. The summed E-state index contributed by atoms with van der Waals surface area (Å²) in [5, 5.41) is 22.9. The third kappa shape index (κ3) is 4.73. The molecule has 1 saturated carbocycles. The summed E-state index contributed by atoms with van der Waals surface area (Å²) in [5.41, 5.74) is 1.01. The van der Waals surface area contributed by atoms with E-state index in [1.807, 2.05) is 24.3 Å². The topological polar surface area (TPSA) is 72.8 Å². The lowest BCUT2D eigenvalue weighted by molar-refractivity contribution is -0.122. The van der Waals surface area contributed by atoms with E-state index in [-0.39, 0.29) is 18.9 Å². The van der Waals surface area contributed by atoms with Crippen molar-refractivity contribution in [2.45, 2.75) is 57.0 Å². The first kappa shape index (κ1) is 18.2. The quantitative estimate of drug-likeness (QED) is 0.766. The molecule has 0 spiro atoms. The number of nitrogens with zero attached hydrogens (tertiary/aromatic N) is 1. The largest absolute Gasteiger partial charge is 0.396 e. The van der Waals surface area contributed by atoms with Gasteiger partial charge in [-0.05, 0) is 43.7 Å². The van der Waals surface area contributed by atoms with Gasteiger partial charge in [0.25, 0.3) is 0 Å². The van der Waals surface area contributed by atoms with Crippen LogP contribution in [0.25, 0.3) is 0 Å². The normalized spacial score (nSPS) is 21.1. The van der Waals surface area contributed by atoms with Gasteiger partial charge in [-0.1, -0.05) is 31.4 Å². The number of nitrogens with one attached hydrogen (secondary N) is 1. The fourth-order valence-electron chi connectivity index (χ4n) is 4.09. The number of amides is 1. The zero-order valence-corrected chi connectivity index (χ0v) is 14.9. The Hall–Kier alpha value is -1.59. The van der Waals surface area contributed by atoms with Crippen molar-refractivity contribution in [2.75, 3.05) is 29.9 Å². The third-order valence-corrected chi connectivity index (χ3v) is 5.67. The second-order valence-electron chi connectivity index (χ2n) is 7.64. The molecule has 2 aliphatic rings.